The van der Waals surface area contributed by atoms with E-state index in [2.05, 4.69) is 27.7 Å². The molecule has 0 aromatic rings. The Morgan fingerprint density at radius 3 is 0.814 bits per heavy atom. The maximum absolute atomic E-state index is 13.0. The summed E-state index contributed by atoms with van der Waals surface area (Å²) in [5.74, 6) is 0.444. The van der Waals surface area contributed by atoms with E-state index in [0.717, 1.165) is 51.4 Å². The van der Waals surface area contributed by atoms with Gasteiger partial charge >= 0.3 is 0 Å². The maximum Gasteiger partial charge on any atom is 0.161 e. The molecule has 256 valence electrons. The lowest BCUT2D eigenvalue weighted by atomic mass is 10.00. The van der Waals surface area contributed by atoms with Gasteiger partial charge in [-0.25, -0.2) is 0 Å². The molecule has 0 aliphatic carbocycles. The number of hydrogen-bond acceptors (Lipinski definition) is 3. The molecule has 2 atom stereocenters. The summed E-state index contributed by atoms with van der Waals surface area (Å²) in [5, 5.41) is 0. The van der Waals surface area contributed by atoms with E-state index < -0.39 is 12.2 Å². The van der Waals surface area contributed by atoms with Crippen LogP contribution < -0.4 is 0 Å². The first kappa shape index (κ1) is 42.3. The highest BCUT2D eigenvalue weighted by molar-refractivity contribution is 5.85. The van der Waals surface area contributed by atoms with Gasteiger partial charge in [-0.05, 0) is 25.7 Å². The van der Waals surface area contributed by atoms with Gasteiger partial charge in [0, 0.05) is 12.8 Å². The summed E-state index contributed by atoms with van der Waals surface area (Å²) in [5.41, 5.74) is 0. The largest absolute Gasteiger partial charge is 0.359 e. The van der Waals surface area contributed by atoms with Crippen LogP contribution in [0.1, 0.15) is 233 Å². The van der Waals surface area contributed by atoms with E-state index in [-0.39, 0.29) is 11.6 Å². The molecule has 43 heavy (non-hydrogen) atoms. The Bertz CT molecular complexity index is 536. The van der Waals surface area contributed by atoms with E-state index in [9.17, 15) is 9.59 Å². The van der Waals surface area contributed by atoms with Crippen LogP contribution in [0.3, 0.4) is 0 Å². The van der Waals surface area contributed by atoms with Crippen LogP contribution in [0.2, 0.25) is 0 Å². The second kappa shape index (κ2) is 34.2. The molecule has 3 nitrogen and oxygen atoms in total. The number of rotatable bonds is 36. The van der Waals surface area contributed by atoms with Gasteiger partial charge in [-0.1, -0.05) is 195 Å². The van der Waals surface area contributed by atoms with Crippen LogP contribution >= 0.6 is 0 Å². The van der Waals surface area contributed by atoms with Gasteiger partial charge in [-0.2, -0.15) is 0 Å². The van der Waals surface area contributed by atoms with Crippen LogP contribution in [0.4, 0.5) is 0 Å². The molecule has 0 aliphatic rings. The Hall–Kier alpha value is -0.700. The third-order valence-corrected chi connectivity index (χ3v) is 9.20. The van der Waals surface area contributed by atoms with E-state index in [1.165, 1.54) is 141 Å². The highest BCUT2D eigenvalue weighted by Crippen LogP contribution is 2.19. The molecule has 0 aliphatic heterocycles. The van der Waals surface area contributed by atoms with Crippen molar-refractivity contribution in [2.45, 2.75) is 245 Å². The molecule has 0 saturated carbocycles. The van der Waals surface area contributed by atoms with Crippen molar-refractivity contribution in [1.29, 1.82) is 0 Å². The third-order valence-electron chi connectivity index (χ3n) is 9.20. The van der Waals surface area contributed by atoms with Crippen LogP contribution in [-0.2, 0) is 14.3 Å². The summed E-state index contributed by atoms with van der Waals surface area (Å²) in [7, 11) is 0. The SMILES string of the molecule is CCCCCCCCCCCCCCCC(=O)C(CCC)OC(CCC)C(=O)CCCCCCCCCCCCCCC. The normalized spacial score (nSPS) is 12.9. The molecule has 3 heteroatoms. The van der Waals surface area contributed by atoms with Gasteiger partial charge < -0.3 is 4.74 Å². The van der Waals surface area contributed by atoms with Crippen molar-refractivity contribution < 1.29 is 14.3 Å². The molecule has 2 unspecified atom stereocenters. The lowest BCUT2D eigenvalue weighted by Crippen LogP contribution is -2.34. The van der Waals surface area contributed by atoms with Crippen LogP contribution in [-0.4, -0.2) is 23.8 Å². The van der Waals surface area contributed by atoms with Crippen molar-refractivity contribution in [2.24, 2.45) is 0 Å². The molecule has 0 saturated heterocycles. The minimum absolute atomic E-state index is 0.222. The number of carbonyl (C=O) groups is 2. The molecule has 0 aromatic carbocycles. The van der Waals surface area contributed by atoms with Gasteiger partial charge in [-0.3, -0.25) is 9.59 Å². The molecule has 0 fully saturated rings. The van der Waals surface area contributed by atoms with Gasteiger partial charge in [-0.15, -0.1) is 0 Å². The molecule has 0 spiro atoms. The van der Waals surface area contributed by atoms with Crippen molar-refractivity contribution in [2.75, 3.05) is 0 Å². The molecule has 0 aromatic heterocycles. The molecule has 0 N–H and O–H groups in total. The number of carbonyl (C=O) groups excluding carboxylic acids is 2. The molecule has 0 rings (SSSR count). The highest BCUT2D eigenvalue weighted by atomic mass is 16.5. The van der Waals surface area contributed by atoms with Crippen LogP contribution in [0, 0.1) is 0 Å². The fraction of sp³-hybridized carbons (Fsp3) is 0.950. The summed E-state index contributed by atoms with van der Waals surface area (Å²) in [6.45, 7) is 8.78. The first-order valence-electron chi connectivity index (χ1n) is 19.8. The number of ether oxygens (including phenoxy) is 1. The number of ketones is 2. The fourth-order valence-corrected chi connectivity index (χ4v) is 6.29. The second-order valence-electron chi connectivity index (χ2n) is 13.6. The number of unbranched alkanes of at least 4 members (excludes halogenated alkanes) is 24. The topological polar surface area (TPSA) is 43.4 Å². The maximum atomic E-state index is 13.0. The molecule has 0 bridgehead atoms. The number of Topliss-reactive ketones (excluding diaryl/α,β-unsaturated/α-hetero) is 2. The van der Waals surface area contributed by atoms with Crippen LogP contribution in [0.25, 0.3) is 0 Å². The number of hydrogen-bond donors (Lipinski definition) is 0. The Kier molecular flexibility index (Phi) is 33.6. The molecular weight excluding hydrogens is 528 g/mol. The van der Waals surface area contributed by atoms with Gasteiger partial charge in [0.1, 0.15) is 12.2 Å². The fourth-order valence-electron chi connectivity index (χ4n) is 6.29. The van der Waals surface area contributed by atoms with E-state index in [0.29, 0.717) is 12.8 Å². The average molecular weight is 607 g/mol. The van der Waals surface area contributed by atoms with Gasteiger partial charge in [0.05, 0.1) is 0 Å². The van der Waals surface area contributed by atoms with Gasteiger partial charge in [0.15, 0.2) is 11.6 Å². The first-order chi connectivity index (χ1) is 21.1. The summed E-state index contributed by atoms with van der Waals surface area (Å²) in [4.78, 5) is 26.1. The summed E-state index contributed by atoms with van der Waals surface area (Å²) in [6.07, 6.45) is 37.9. The second-order valence-corrected chi connectivity index (χ2v) is 13.6. The van der Waals surface area contributed by atoms with E-state index in [1.54, 1.807) is 0 Å². The summed E-state index contributed by atoms with van der Waals surface area (Å²) in [6, 6.07) is 0. The van der Waals surface area contributed by atoms with Crippen LogP contribution in [0.15, 0.2) is 0 Å². The van der Waals surface area contributed by atoms with Crippen molar-refractivity contribution in [3.05, 3.63) is 0 Å². The van der Waals surface area contributed by atoms with E-state index >= 15 is 0 Å². The monoisotopic (exact) mass is 607 g/mol. The quantitative estimate of drug-likeness (QED) is 0.0666. The van der Waals surface area contributed by atoms with Crippen LogP contribution in [0.5, 0.6) is 0 Å². The van der Waals surface area contributed by atoms with Gasteiger partial charge in [0.25, 0.3) is 0 Å². The Balaban J connectivity index is 4.04. The van der Waals surface area contributed by atoms with Crippen molar-refractivity contribution in [3.63, 3.8) is 0 Å². The Labute approximate surface area is 270 Å². The first-order valence-corrected chi connectivity index (χ1v) is 19.8. The standard InChI is InChI=1S/C40H78O3/c1-5-9-11-13-15-17-19-21-23-25-27-29-31-35-37(41)39(33-7-3)43-40(34-8-4)38(42)36-32-30-28-26-24-22-20-18-16-14-12-10-6-2/h39-40H,5-36H2,1-4H3. The van der Waals surface area contributed by atoms with Crippen molar-refractivity contribution in [1.82, 2.24) is 0 Å². The lowest BCUT2D eigenvalue weighted by Gasteiger charge is -2.23. The molecular formula is C40H78O3. The Morgan fingerprint density at radius 1 is 0.349 bits per heavy atom. The summed E-state index contributed by atoms with van der Waals surface area (Å²) < 4.78 is 6.28. The predicted octanol–water partition coefficient (Wildman–Crippen LogP) is 13.4. The highest BCUT2D eigenvalue weighted by Gasteiger charge is 2.26. The van der Waals surface area contributed by atoms with Crippen molar-refractivity contribution in [3.8, 4) is 0 Å². The van der Waals surface area contributed by atoms with E-state index in [4.69, 9.17) is 4.74 Å². The van der Waals surface area contributed by atoms with Crippen molar-refractivity contribution >= 4 is 11.6 Å². The average Bonchev–Trinajstić information content (AvgIpc) is 3.00. The lowest BCUT2D eigenvalue weighted by molar-refractivity contribution is -0.144. The minimum atomic E-state index is -0.394. The summed E-state index contributed by atoms with van der Waals surface area (Å²) >= 11 is 0. The Morgan fingerprint density at radius 2 is 0.581 bits per heavy atom. The zero-order valence-corrected chi connectivity index (χ0v) is 30.0. The predicted molar refractivity (Wildman–Crippen MR) is 189 cm³/mol. The molecule has 0 amide bonds. The minimum Gasteiger partial charge on any atom is -0.359 e. The van der Waals surface area contributed by atoms with E-state index in [1.807, 2.05) is 0 Å². The third kappa shape index (κ3) is 28.5. The smallest absolute Gasteiger partial charge is 0.161 e. The zero-order valence-electron chi connectivity index (χ0n) is 30.0. The zero-order chi connectivity index (χ0) is 31.6. The molecule has 0 heterocycles. The molecule has 0 radical (unpaired) electrons. The van der Waals surface area contributed by atoms with Gasteiger partial charge in [0.2, 0.25) is 0 Å².